The summed E-state index contributed by atoms with van der Waals surface area (Å²) in [4.78, 5) is 27.3. The van der Waals surface area contributed by atoms with Crippen molar-refractivity contribution in [3.05, 3.63) is 75.7 Å². The third-order valence-corrected chi connectivity index (χ3v) is 7.38. The molecule has 12 heteroatoms. The predicted molar refractivity (Wildman–Crippen MR) is 122 cm³/mol. The number of nitrogens with zero attached hydrogens (tertiary/aromatic N) is 5. The molecule has 9 nitrogen and oxygen atoms in total. The molecule has 0 saturated heterocycles. The Hall–Kier alpha value is -3.61. The standard InChI is InChI=1S/C20H11N5O4S3/c26-18(27)11-3-5-12(6-4-11)24-17(15-2-1-9-30-15)22-23-19(24)32-20-21-14-8-7-13(25(28)29)10-16(14)31-20/h1-10H,(H,26,27). The predicted octanol–water partition coefficient (Wildman–Crippen LogP) is 5.36. The highest BCUT2D eigenvalue weighted by Gasteiger charge is 2.20. The lowest BCUT2D eigenvalue weighted by molar-refractivity contribution is -0.384. The minimum absolute atomic E-state index is 0.0133. The first-order valence-corrected chi connectivity index (χ1v) is 11.6. The fraction of sp³-hybridized carbons (Fsp3) is 0. The van der Waals surface area contributed by atoms with Gasteiger partial charge in [-0.2, -0.15) is 0 Å². The van der Waals surface area contributed by atoms with Gasteiger partial charge in [-0.1, -0.05) is 6.07 Å². The number of aromatic carboxylic acids is 1. The summed E-state index contributed by atoms with van der Waals surface area (Å²) in [6, 6.07) is 14.9. The molecule has 5 aromatic rings. The van der Waals surface area contributed by atoms with E-state index in [-0.39, 0.29) is 11.3 Å². The summed E-state index contributed by atoms with van der Waals surface area (Å²) in [5.41, 5.74) is 1.57. The molecule has 0 spiro atoms. The lowest BCUT2D eigenvalue weighted by Crippen LogP contribution is -2.01. The highest BCUT2D eigenvalue weighted by atomic mass is 32.2. The van der Waals surface area contributed by atoms with Gasteiger partial charge in [0.25, 0.3) is 5.69 Å². The summed E-state index contributed by atoms with van der Waals surface area (Å²) in [5.74, 6) is -0.376. The Balaban J connectivity index is 1.57. The van der Waals surface area contributed by atoms with Gasteiger partial charge in [0.1, 0.15) is 0 Å². The number of carboxylic acid groups (broad SMARTS) is 1. The molecule has 0 unspecified atom stereocenters. The van der Waals surface area contributed by atoms with Gasteiger partial charge in [-0.3, -0.25) is 14.7 Å². The van der Waals surface area contributed by atoms with Crippen LogP contribution in [0, 0.1) is 10.1 Å². The monoisotopic (exact) mass is 481 g/mol. The van der Waals surface area contributed by atoms with E-state index >= 15 is 0 Å². The van der Waals surface area contributed by atoms with Gasteiger partial charge in [0.05, 0.1) is 25.6 Å². The van der Waals surface area contributed by atoms with Crippen molar-refractivity contribution in [3.8, 4) is 16.4 Å². The Morgan fingerprint density at radius 2 is 1.94 bits per heavy atom. The number of carboxylic acids is 1. The number of hydrogen-bond donors (Lipinski definition) is 1. The molecule has 3 aromatic heterocycles. The number of hydrogen-bond acceptors (Lipinski definition) is 9. The lowest BCUT2D eigenvalue weighted by atomic mass is 10.2. The van der Waals surface area contributed by atoms with Gasteiger partial charge in [0.2, 0.25) is 5.16 Å². The van der Waals surface area contributed by atoms with Crippen LogP contribution in [0.1, 0.15) is 10.4 Å². The Kier molecular flexibility index (Phi) is 5.17. The van der Waals surface area contributed by atoms with E-state index in [4.69, 9.17) is 0 Å². The number of fused-ring (bicyclic) bond motifs is 1. The van der Waals surface area contributed by atoms with E-state index in [0.717, 1.165) is 4.88 Å². The van der Waals surface area contributed by atoms with Crippen molar-refractivity contribution in [1.82, 2.24) is 19.7 Å². The van der Waals surface area contributed by atoms with Crippen LogP contribution in [0.4, 0.5) is 5.69 Å². The van der Waals surface area contributed by atoms with Gasteiger partial charge in [-0.15, -0.1) is 32.9 Å². The second-order valence-electron chi connectivity index (χ2n) is 6.46. The van der Waals surface area contributed by atoms with Gasteiger partial charge < -0.3 is 5.11 Å². The Bertz CT molecular complexity index is 1460. The van der Waals surface area contributed by atoms with E-state index in [2.05, 4.69) is 15.2 Å². The molecule has 0 aliphatic heterocycles. The van der Waals surface area contributed by atoms with E-state index in [1.807, 2.05) is 22.1 Å². The molecule has 5 rings (SSSR count). The molecule has 0 radical (unpaired) electrons. The fourth-order valence-electron chi connectivity index (χ4n) is 3.01. The molecule has 0 aliphatic carbocycles. The maximum Gasteiger partial charge on any atom is 0.335 e. The topological polar surface area (TPSA) is 124 Å². The first-order valence-electron chi connectivity index (χ1n) is 9.05. The smallest absolute Gasteiger partial charge is 0.335 e. The van der Waals surface area contributed by atoms with Gasteiger partial charge in [-0.25, -0.2) is 9.78 Å². The van der Waals surface area contributed by atoms with Crippen LogP contribution in [0.15, 0.2) is 69.5 Å². The molecular formula is C20H11N5O4S3. The number of aromatic nitrogens is 4. The number of non-ortho nitro benzene ring substituents is 1. The largest absolute Gasteiger partial charge is 0.478 e. The van der Waals surface area contributed by atoms with Crippen LogP contribution in [0.2, 0.25) is 0 Å². The molecular weight excluding hydrogens is 470 g/mol. The van der Waals surface area contributed by atoms with E-state index in [1.165, 1.54) is 58.7 Å². The fourth-order valence-corrected chi connectivity index (χ4v) is 5.77. The average molecular weight is 482 g/mol. The zero-order valence-electron chi connectivity index (χ0n) is 15.9. The van der Waals surface area contributed by atoms with E-state index in [1.54, 1.807) is 18.2 Å². The molecule has 1 N–H and O–H groups in total. The Labute approximate surface area is 192 Å². The second kappa shape index (κ2) is 8.15. The summed E-state index contributed by atoms with van der Waals surface area (Å²) < 4.78 is 3.21. The van der Waals surface area contributed by atoms with Crippen molar-refractivity contribution in [2.45, 2.75) is 9.50 Å². The zero-order valence-corrected chi connectivity index (χ0v) is 18.4. The maximum atomic E-state index is 11.2. The SMILES string of the molecule is O=C(O)c1ccc(-n2c(Sc3nc4ccc([N+](=O)[O-])cc4s3)nnc2-c2cccs2)cc1. The number of thiazole rings is 1. The molecule has 0 aliphatic rings. The average Bonchev–Trinajstić information content (AvgIpc) is 3.52. The molecule has 0 amide bonds. The molecule has 3 heterocycles. The number of thiophene rings is 1. The van der Waals surface area contributed by atoms with Crippen LogP contribution < -0.4 is 0 Å². The van der Waals surface area contributed by atoms with Crippen LogP contribution in [0.5, 0.6) is 0 Å². The first-order chi connectivity index (χ1) is 15.5. The second-order valence-corrected chi connectivity index (χ2v) is 9.65. The minimum Gasteiger partial charge on any atom is -0.478 e. The normalized spacial score (nSPS) is 11.1. The summed E-state index contributed by atoms with van der Waals surface area (Å²) in [7, 11) is 0. The van der Waals surface area contributed by atoms with E-state index in [9.17, 15) is 20.0 Å². The Morgan fingerprint density at radius 1 is 1.12 bits per heavy atom. The van der Waals surface area contributed by atoms with Crippen molar-refractivity contribution in [2.24, 2.45) is 0 Å². The van der Waals surface area contributed by atoms with Crippen molar-refractivity contribution < 1.29 is 14.8 Å². The highest BCUT2D eigenvalue weighted by molar-refractivity contribution is 8.01. The summed E-state index contributed by atoms with van der Waals surface area (Å²) in [6.07, 6.45) is 0. The van der Waals surface area contributed by atoms with Crippen LogP contribution >= 0.6 is 34.4 Å². The van der Waals surface area contributed by atoms with Crippen LogP contribution in [0.25, 0.3) is 26.6 Å². The molecule has 32 heavy (non-hydrogen) atoms. The summed E-state index contributed by atoms with van der Waals surface area (Å²) in [5, 5.41) is 31.4. The van der Waals surface area contributed by atoms with Gasteiger partial charge in [0, 0.05) is 17.8 Å². The van der Waals surface area contributed by atoms with Gasteiger partial charge in [-0.05, 0) is 53.5 Å². The van der Waals surface area contributed by atoms with Crippen molar-refractivity contribution in [2.75, 3.05) is 0 Å². The third-order valence-electron chi connectivity index (χ3n) is 4.49. The van der Waals surface area contributed by atoms with Gasteiger partial charge >= 0.3 is 5.97 Å². The van der Waals surface area contributed by atoms with Crippen molar-refractivity contribution in [3.63, 3.8) is 0 Å². The molecule has 2 aromatic carbocycles. The molecule has 0 atom stereocenters. The van der Waals surface area contributed by atoms with Crippen molar-refractivity contribution >= 4 is 56.3 Å². The van der Waals surface area contributed by atoms with Crippen LogP contribution in [-0.4, -0.2) is 35.7 Å². The maximum absolute atomic E-state index is 11.2. The van der Waals surface area contributed by atoms with Crippen LogP contribution in [0.3, 0.4) is 0 Å². The summed E-state index contributed by atoms with van der Waals surface area (Å²) >= 11 is 4.14. The zero-order chi connectivity index (χ0) is 22.2. The quantitative estimate of drug-likeness (QED) is 0.254. The van der Waals surface area contributed by atoms with Crippen molar-refractivity contribution in [1.29, 1.82) is 0 Å². The summed E-state index contributed by atoms with van der Waals surface area (Å²) in [6.45, 7) is 0. The minimum atomic E-state index is -1.00. The van der Waals surface area contributed by atoms with Gasteiger partial charge in [0.15, 0.2) is 10.2 Å². The Morgan fingerprint density at radius 3 is 2.62 bits per heavy atom. The number of nitro groups is 1. The number of benzene rings is 2. The van der Waals surface area contributed by atoms with E-state index in [0.29, 0.717) is 31.2 Å². The molecule has 0 bridgehead atoms. The number of nitro benzene ring substituents is 1. The van der Waals surface area contributed by atoms with Crippen LogP contribution in [-0.2, 0) is 0 Å². The third kappa shape index (κ3) is 3.75. The van der Waals surface area contributed by atoms with E-state index < -0.39 is 10.9 Å². The molecule has 0 saturated carbocycles. The lowest BCUT2D eigenvalue weighted by Gasteiger charge is -2.09. The number of rotatable bonds is 6. The highest BCUT2D eigenvalue weighted by Crippen LogP contribution is 2.38. The first kappa shape index (κ1) is 20.3. The molecule has 0 fully saturated rings. The number of carbonyl (C=O) groups is 1. The molecule has 158 valence electrons.